The molecule has 6 heteroatoms. The third-order valence-corrected chi connectivity index (χ3v) is 2.56. The fourth-order valence-electron chi connectivity index (χ4n) is 1.55. The lowest BCUT2D eigenvalue weighted by molar-refractivity contribution is 0.425. The molecule has 0 unspecified atom stereocenters. The zero-order valence-corrected chi connectivity index (χ0v) is 11.3. The number of hydrogen-bond donors (Lipinski definition) is 2. The molecule has 0 aliphatic rings. The van der Waals surface area contributed by atoms with Gasteiger partial charge in [0.15, 0.2) is 0 Å². The molecule has 0 saturated heterocycles. The zero-order valence-electron chi connectivity index (χ0n) is 11.3. The average Bonchev–Trinajstić information content (AvgIpc) is 2.89. The Balaban J connectivity index is 1.84. The maximum atomic E-state index is 5.25. The second kappa shape index (κ2) is 6.75. The second-order valence-corrected chi connectivity index (χ2v) is 4.45. The number of furan rings is 1. The van der Waals surface area contributed by atoms with Gasteiger partial charge in [-0.3, -0.25) is 0 Å². The van der Waals surface area contributed by atoms with Gasteiger partial charge in [0.25, 0.3) is 0 Å². The number of aromatic nitrogens is 2. The van der Waals surface area contributed by atoms with Crippen LogP contribution in [0.2, 0.25) is 0 Å². The Morgan fingerprint density at radius 2 is 2.00 bits per heavy atom. The van der Waals surface area contributed by atoms with Gasteiger partial charge < -0.3 is 20.0 Å². The van der Waals surface area contributed by atoms with E-state index in [2.05, 4.69) is 25.5 Å². The highest BCUT2D eigenvalue weighted by atomic mass is 16.3. The van der Waals surface area contributed by atoms with Crippen LogP contribution in [0.3, 0.4) is 0 Å². The third kappa shape index (κ3) is 4.59. The van der Waals surface area contributed by atoms with Crippen molar-refractivity contribution >= 4 is 11.6 Å². The van der Waals surface area contributed by atoms with E-state index >= 15 is 0 Å². The number of rotatable bonds is 7. The Bertz CT molecular complexity index is 484. The predicted octanol–water partition coefficient (Wildman–Crippen LogP) is 1.66. The summed E-state index contributed by atoms with van der Waals surface area (Å²) in [6.45, 7) is 2.42. The van der Waals surface area contributed by atoms with Crippen molar-refractivity contribution in [1.29, 1.82) is 0 Å². The van der Waals surface area contributed by atoms with Gasteiger partial charge in [0.05, 0.1) is 12.8 Å². The van der Waals surface area contributed by atoms with Gasteiger partial charge in [-0.25, -0.2) is 9.97 Å². The van der Waals surface area contributed by atoms with Crippen molar-refractivity contribution in [2.45, 2.75) is 6.54 Å². The fourth-order valence-corrected chi connectivity index (χ4v) is 1.55. The van der Waals surface area contributed by atoms with Crippen LogP contribution >= 0.6 is 0 Å². The number of nitrogens with one attached hydrogen (secondary N) is 2. The van der Waals surface area contributed by atoms with E-state index in [0.717, 1.165) is 30.5 Å². The molecule has 19 heavy (non-hydrogen) atoms. The second-order valence-electron chi connectivity index (χ2n) is 4.45. The molecule has 2 aromatic rings. The van der Waals surface area contributed by atoms with Gasteiger partial charge in [-0.2, -0.15) is 0 Å². The summed E-state index contributed by atoms with van der Waals surface area (Å²) >= 11 is 0. The molecule has 2 aromatic heterocycles. The van der Waals surface area contributed by atoms with Crippen LogP contribution in [0, 0.1) is 0 Å². The normalized spacial score (nSPS) is 10.7. The van der Waals surface area contributed by atoms with E-state index < -0.39 is 0 Å². The molecule has 2 rings (SSSR count). The Hall–Kier alpha value is -2.08. The molecular formula is C13H19N5O. The number of nitrogens with zero attached hydrogens (tertiary/aromatic N) is 3. The van der Waals surface area contributed by atoms with Gasteiger partial charge in [0.1, 0.15) is 23.7 Å². The van der Waals surface area contributed by atoms with E-state index in [1.54, 1.807) is 12.6 Å². The number of likely N-dealkylation sites (N-methyl/N-ethyl adjacent to an activating group) is 1. The summed E-state index contributed by atoms with van der Waals surface area (Å²) in [5, 5.41) is 6.44. The van der Waals surface area contributed by atoms with Crippen LogP contribution in [-0.4, -0.2) is 42.1 Å². The highest BCUT2D eigenvalue weighted by Crippen LogP contribution is 2.10. The van der Waals surface area contributed by atoms with Crippen LogP contribution in [0.15, 0.2) is 35.2 Å². The molecule has 2 heterocycles. The van der Waals surface area contributed by atoms with Crippen molar-refractivity contribution < 1.29 is 4.42 Å². The lowest BCUT2D eigenvalue weighted by atomic mass is 10.4. The Morgan fingerprint density at radius 1 is 1.21 bits per heavy atom. The first-order chi connectivity index (χ1) is 9.24. The third-order valence-electron chi connectivity index (χ3n) is 2.56. The van der Waals surface area contributed by atoms with Crippen LogP contribution in [0.5, 0.6) is 0 Å². The minimum Gasteiger partial charge on any atom is -0.467 e. The summed E-state index contributed by atoms with van der Waals surface area (Å²) in [5.74, 6) is 2.47. The minimum atomic E-state index is 0.612. The Morgan fingerprint density at radius 3 is 2.68 bits per heavy atom. The Kier molecular flexibility index (Phi) is 4.74. The monoisotopic (exact) mass is 261 g/mol. The summed E-state index contributed by atoms with van der Waals surface area (Å²) in [5.41, 5.74) is 0. The van der Waals surface area contributed by atoms with E-state index in [-0.39, 0.29) is 0 Å². The first-order valence-electron chi connectivity index (χ1n) is 6.21. The van der Waals surface area contributed by atoms with Crippen molar-refractivity contribution in [3.8, 4) is 0 Å². The summed E-state index contributed by atoms with van der Waals surface area (Å²) in [7, 11) is 4.08. The topological polar surface area (TPSA) is 66.2 Å². The molecule has 0 bridgehead atoms. The van der Waals surface area contributed by atoms with E-state index in [0.29, 0.717) is 6.54 Å². The number of hydrogen-bond acceptors (Lipinski definition) is 6. The standard InChI is InChI=1S/C13H19N5O/c1-18(2)6-5-14-12-8-13(17-10-16-12)15-9-11-4-3-7-19-11/h3-4,7-8,10H,5-6,9H2,1-2H3,(H2,14,15,16,17). The van der Waals surface area contributed by atoms with Gasteiger partial charge in [-0.1, -0.05) is 0 Å². The predicted molar refractivity (Wildman–Crippen MR) is 75.1 cm³/mol. The van der Waals surface area contributed by atoms with E-state index in [4.69, 9.17) is 4.42 Å². The smallest absolute Gasteiger partial charge is 0.131 e. The molecule has 0 radical (unpaired) electrons. The molecule has 0 atom stereocenters. The van der Waals surface area contributed by atoms with Crippen molar-refractivity contribution in [1.82, 2.24) is 14.9 Å². The maximum absolute atomic E-state index is 5.25. The van der Waals surface area contributed by atoms with Gasteiger partial charge in [0, 0.05) is 19.2 Å². The lowest BCUT2D eigenvalue weighted by Gasteiger charge is -2.11. The van der Waals surface area contributed by atoms with Gasteiger partial charge in [-0.05, 0) is 26.2 Å². The van der Waals surface area contributed by atoms with E-state index in [1.807, 2.05) is 32.3 Å². The van der Waals surface area contributed by atoms with E-state index in [9.17, 15) is 0 Å². The number of anilines is 2. The largest absolute Gasteiger partial charge is 0.467 e. The molecule has 0 aliphatic carbocycles. The first kappa shape index (κ1) is 13.4. The first-order valence-corrected chi connectivity index (χ1v) is 6.21. The van der Waals surface area contributed by atoms with Crippen molar-refractivity contribution in [2.24, 2.45) is 0 Å². The molecule has 6 nitrogen and oxygen atoms in total. The van der Waals surface area contributed by atoms with Crippen molar-refractivity contribution in [3.05, 3.63) is 36.5 Å². The molecule has 0 aliphatic heterocycles. The average molecular weight is 261 g/mol. The molecular weight excluding hydrogens is 242 g/mol. The maximum Gasteiger partial charge on any atom is 0.131 e. The van der Waals surface area contributed by atoms with E-state index in [1.165, 1.54) is 0 Å². The summed E-state index contributed by atoms with van der Waals surface area (Å²) in [6.07, 6.45) is 3.20. The van der Waals surface area contributed by atoms with Crippen LogP contribution in [0.1, 0.15) is 5.76 Å². The SMILES string of the molecule is CN(C)CCNc1cc(NCc2ccco2)ncn1. The minimum absolute atomic E-state index is 0.612. The molecule has 0 fully saturated rings. The zero-order chi connectivity index (χ0) is 13.5. The fraction of sp³-hybridized carbons (Fsp3) is 0.385. The van der Waals surface area contributed by atoms with Crippen LogP contribution < -0.4 is 10.6 Å². The highest BCUT2D eigenvalue weighted by Gasteiger charge is 2.00. The van der Waals surface area contributed by atoms with Crippen LogP contribution in [-0.2, 0) is 6.54 Å². The van der Waals surface area contributed by atoms with Crippen LogP contribution in [0.4, 0.5) is 11.6 Å². The summed E-state index contributed by atoms with van der Waals surface area (Å²) < 4.78 is 5.25. The molecule has 0 aromatic carbocycles. The van der Waals surface area contributed by atoms with Gasteiger partial charge in [-0.15, -0.1) is 0 Å². The molecule has 2 N–H and O–H groups in total. The summed E-state index contributed by atoms with van der Waals surface area (Å²) in [6, 6.07) is 5.67. The van der Waals surface area contributed by atoms with Crippen LogP contribution in [0.25, 0.3) is 0 Å². The quantitative estimate of drug-likeness (QED) is 0.790. The highest BCUT2D eigenvalue weighted by molar-refractivity contribution is 5.46. The Labute approximate surface area is 112 Å². The van der Waals surface area contributed by atoms with Crippen molar-refractivity contribution in [3.63, 3.8) is 0 Å². The molecule has 102 valence electrons. The van der Waals surface area contributed by atoms with Gasteiger partial charge in [0.2, 0.25) is 0 Å². The molecule has 0 spiro atoms. The van der Waals surface area contributed by atoms with Gasteiger partial charge >= 0.3 is 0 Å². The lowest BCUT2D eigenvalue weighted by Crippen LogP contribution is -2.21. The van der Waals surface area contributed by atoms with Crippen molar-refractivity contribution in [2.75, 3.05) is 37.8 Å². The molecule has 0 saturated carbocycles. The molecule has 0 amide bonds. The summed E-state index contributed by atoms with van der Waals surface area (Å²) in [4.78, 5) is 10.5.